The number of ether oxygens (including phenoxy) is 3. The zero-order chi connectivity index (χ0) is 47.5. The monoisotopic (exact) mass is 919 g/mol. The van der Waals surface area contributed by atoms with Gasteiger partial charge in [-0.2, -0.15) is 0 Å². The Kier molecular flexibility index (Phi) is 50.5. The Morgan fingerprint density at radius 1 is 0.292 bits per heavy atom. The highest BCUT2D eigenvalue weighted by atomic mass is 16.6. The summed E-state index contributed by atoms with van der Waals surface area (Å²) in [6, 6.07) is 0. The van der Waals surface area contributed by atoms with Crippen LogP contribution in [0.2, 0.25) is 0 Å². The van der Waals surface area contributed by atoms with Crippen LogP contribution in [0.3, 0.4) is 0 Å². The molecule has 0 aromatic heterocycles. The molecular weight excluding hydrogens is 805 g/mol. The van der Waals surface area contributed by atoms with E-state index in [0.29, 0.717) is 19.3 Å². The molecule has 0 rings (SSSR count). The summed E-state index contributed by atoms with van der Waals surface area (Å²) in [6.45, 7) is 11.4. The van der Waals surface area contributed by atoms with Crippen LogP contribution in [0.1, 0.15) is 330 Å². The van der Waals surface area contributed by atoms with Crippen molar-refractivity contribution >= 4 is 17.9 Å². The topological polar surface area (TPSA) is 78.9 Å². The van der Waals surface area contributed by atoms with E-state index in [1.54, 1.807) is 0 Å². The summed E-state index contributed by atoms with van der Waals surface area (Å²) in [7, 11) is 0. The number of hydrogen-bond acceptors (Lipinski definition) is 6. The van der Waals surface area contributed by atoms with Crippen molar-refractivity contribution in [2.75, 3.05) is 13.2 Å². The highest BCUT2D eigenvalue weighted by Gasteiger charge is 2.19. The first-order valence-corrected chi connectivity index (χ1v) is 29.2. The average molecular weight is 920 g/mol. The van der Waals surface area contributed by atoms with Crippen LogP contribution >= 0.6 is 0 Å². The summed E-state index contributed by atoms with van der Waals surface area (Å²) in [5, 5.41) is 0. The van der Waals surface area contributed by atoms with E-state index in [9.17, 15) is 14.4 Å². The molecule has 0 N–H and O–H groups in total. The van der Waals surface area contributed by atoms with Gasteiger partial charge in [0.2, 0.25) is 0 Å². The second-order valence-corrected chi connectivity index (χ2v) is 21.2. The highest BCUT2D eigenvalue weighted by Crippen LogP contribution is 2.18. The maximum Gasteiger partial charge on any atom is 0.306 e. The molecule has 0 aromatic carbocycles. The zero-order valence-corrected chi connectivity index (χ0v) is 44.6. The molecule has 6 heteroatoms. The Balaban J connectivity index is 4.28. The fourth-order valence-electron chi connectivity index (χ4n) is 9.05. The molecule has 1 atom stereocenters. The third-order valence-electron chi connectivity index (χ3n) is 13.5. The van der Waals surface area contributed by atoms with E-state index in [-0.39, 0.29) is 31.1 Å². The number of carbonyl (C=O) groups is 3. The van der Waals surface area contributed by atoms with Gasteiger partial charge < -0.3 is 14.2 Å². The first-order valence-electron chi connectivity index (χ1n) is 29.2. The van der Waals surface area contributed by atoms with E-state index in [0.717, 1.165) is 69.6 Å². The second kappa shape index (κ2) is 51.8. The Morgan fingerprint density at radius 2 is 0.508 bits per heavy atom. The third kappa shape index (κ3) is 53.2. The molecule has 0 unspecified atom stereocenters. The number of hydrogen-bond donors (Lipinski definition) is 0. The van der Waals surface area contributed by atoms with Crippen LogP contribution in [0.4, 0.5) is 0 Å². The quantitative estimate of drug-likeness (QED) is 0.0344. The van der Waals surface area contributed by atoms with Crippen LogP contribution in [0.5, 0.6) is 0 Å². The molecule has 0 heterocycles. The largest absolute Gasteiger partial charge is 0.462 e. The lowest BCUT2D eigenvalue weighted by Crippen LogP contribution is -2.30. The van der Waals surface area contributed by atoms with Gasteiger partial charge in [0, 0.05) is 19.3 Å². The fourth-order valence-corrected chi connectivity index (χ4v) is 9.05. The normalized spacial score (nSPS) is 12.0. The molecule has 0 fully saturated rings. The molecule has 0 bridgehead atoms. The molecule has 6 nitrogen and oxygen atoms in total. The van der Waals surface area contributed by atoms with Crippen molar-refractivity contribution in [3.8, 4) is 0 Å². The smallest absolute Gasteiger partial charge is 0.306 e. The maximum absolute atomic E-state index is 12.9. The standard InChI is InChI=1S/C59H114O6/c1-6-7-8-9-10-11-12-13-14-15-16-17-20-23-29-34-39-44-49-57(60)63-52-56(53-64-58(61)50-45-40-35-30-26-25-28-33-38-43-48-55(4)5)65-59(62)51-46-41-36-31-24-21-18-19-22-27-32-37-42-47-54(2)3/h54-56H,6-53H2,1-5H3/t56-/m0/s1. The lowest BCUT2D eigenvalue weighted by atomic mass is 10.0. The predicted molar refractivity (Wildman–Crippen MR) is 280 cm³/mol. The van der Waals surface area contributed by atoms with Gasteiger partial charge in [0.1, 0.15) is 13.2 Å². The second-order valence-electron chi connectivity index (χ2n) is 21.2. The third-order valence-corrected chi connectivity index (χ3v) is 13.5. The van der Waals surface area contributed by atoms with Crippen LogP contribution < -0.4 is 0 Å². The number of esters is 3. The van der Waals surface area contributed by atoms with E-state index < -0.39 is 6.10 Å². The van der Waals surface area contributed by atoms with Gasteiger partial charge >= 0.3 is 17.9 Å². The minimum Gasteiger partial charge on any atom is -0.462 e. The number of carbonyl (C=O) groups excluding carboxylic acids is 3. The Hall–Kier alpha value is -1.59. The van der Waals surface area contributed by atoms with Gasteiger partial charge in [-0.1, -0.05) is 291 Å². The minimum atomic E-state index is -0.763. The van der Waals surface area contributed by atoms with Crippen molar-refractivity contribution in [3.63, 3.8) is 0 Å². The molecule has 65 heavy (non-hydrogen) atoms. The van der Waals surface area contributed by atoms with Crippen LogP contribution in [0, 0.1) is 11.8 Å². The van der Waals surface area contributed by atoms with Crippen LogP contribution in [0.25, 0.3) is 0 Å². The molecule has 0 saturated carbocycles. The summed E-state index contributed by atoms with van der Waals surface area (Å²) in [6.07, 6.45) is 55.2. The molecule has 386 valence electrons. The van der Waals surface area contributed by atoms with Crippen molar-refractivity contribution in [1.29, 1.82) is 0 Å². The van der Waals surface area contributed by atoms with Gasteiger partial charge in [0.05, 0.1) is 0 Å². The van der Waals surface area contributed by atoms with E-state index >= 15 is 0 Å². The van der Waals surface area contributed by atoms with Gasteiger partial charge in [-0.3, -0.25) is 14.4 Å². The number of rotatable bonds is 53. The molecule has 0 radical (unpaired) electrons. The first kappa shape index (κ1) is 63.4. The van der Waals surface area contributed by atoms with Crippen LogP contribution in [0.15, 0.2) is 0 Å². The molecule has 0 aromatic rings. The highest BCUT2D eigenvalue weighted by molar-refractivity contribution is 5.71. The van der Waals surface area contributed by atoms with Gasteiger partial charge in [-0.15, -0.1) is 0 Å². The average Bonchev–Trinajstić information content (AvgIpc) is 3.28. The van der Waals surface area contributed by atoms with Crippen molar-refractivity contribution in [1.82, 2.24) is 0 Å². The lowest BCUT2D eigenvalue weighted by Gasteiger charge is -2.18. The molecule has 0 spiro atoms. The van der Waals surface area contributed by atoms with E-state index in [2.05, 4.69) is 34.6 Å². The van der Waals surface area contributed by atoms with Gasteiger partial charge in [0.15, 0.2) is 6.10 Å². The van der Waals surface area contributed by atoms with Gasteiger partial charge in [-0.25, -0.2) is 0 Å². The Labute approximate surface area is 406 Å². The number of unbranched alkanes of at least 4 members (excludes halogenated alkanes) is 38. The van der Waals surface area contributed by atoms with Crippen molar-refractivity contribution in [2.45, 2.75) is 336 Å². The minimum absolute atomic E-state index is 0.0627. The van der Waals surface area contributed by atoms with E-state index in [1.165, 1.54) is 218 Å². The van der Waals surface area contributed by atoms with E-state index in [4.69, 9.17) is 14.2 Å². The lowest BCUT2D eigenvalue weighted by molar-refractivity contribution is -0.167. The summed E-state index contributed by atoms with van der Waals surface area (Å²) in [4.78, 5) is 38.1. The zero-order valence-electron chi connectivity index (χ0n) is 44.6. The van der Waals surface area contributed by atoms with E-state index in [1.807, 2.05) is 0 Å². The first-order chi connectivity index (χ1) is 31.7. The molecule has 0 aliphatic rings. The molecule has 0 amide bonds. The fraction of sp³-hybridized carbons (Fsp3) is 0.949. The summed E-state index contributed by atoms with van der Waals surface area (Å²) in [5.74, 6) is 0.817. The SMILES string of the molecule is CCCCCCCCCCCCCCCCCCCCC(=O)OC[C@@H](COC(=O)CCCCCCCCCCCCC(C)C)OC(=O)CCCCCCCCCCCCCCCC(C)C. The molecule has 0 aliphatic carbocycles. The molecule has 0 aliphatic heterocycles. The predicted octanol–water partition coefficient (Wildman–Crippen LogP) is 19.3. The van der Waals surface area contributed by atoms with Crippen molar-refractivity contribution in [3.05, 3.63) is 0 Å². The van der Waals surface area contributed by atoms with Crippen LogP contribution in [-0.4, -0.2) is 37.2 Å². The van der Waals surface area contributed by atoms with Crippen molar-refractivity contribution < 1.29 is 28.6 Å². The Bertz CT molecular complexity index is 993. The van der Waals surface area contributed by atoms with Crippen molar-refractivity contribution in [2.24, 2.45) is 11.8 Å². The molecule has 0 saturated heterocycles. The van der Waals surface area contributed by atoms with Gasteiger partial charge in [0.25, 0.3) is 0 Å². The maximum atomic E-state index is 12.9. The Morgan fingerprint density at radius 3 is 0.754 bits per heavy atom. The summed E-state index contributed by atoms with van der Waals surface area (Å²) >= 11 is 0. The molecular formula is C59H114O6. The van der Waals surface area contributed by atoms with Gasteiger partial charge in [-0.05, 0) is 31.1 Å². The summed E-state index contributed by atoms with van der Waals surface area (Å²) in [5.41, 5.74) is 0. The summed E-state index contributed by atoms with van der Waals surface area (Å²) < 4.78 is 16.9. The van der Waals surface area contributed by atoms with Crippen LogP contribution in [-0.2, 0) is 28.6 Å².